The molecular weight excluding hydrogens is 733 g/mol. The van der Waals surface area contributed by atoms with Crippen LogP contribution in [0.25, 0.3) is 0 Å². The van der Waals surface area contributed by atoms with Crippen molar-refractivity contribution in [2.24, 2.45) is 5.73 Å². The van der Waals surface area contributed by atoms with Gasteiger partial charge in [-0.1, -0.05) is 132 Å². The standard InChI is InChI=1S/C44H74NO10P/c1-3-5-7-9-11-13-15-17-19-20-22-23-25-27-29-31-33-35-42(46)52-37-40(38-53-56(50,51)54-39-41(45)44(48)49)55-43(47)36-34-32-30-28-26-24-21-18-16-14-12-10-8-6-4-2/h6,8,11-14,17-19,21-23,40-41H,3-5,7,9-10,15-16,20,24-39,45H2,1-2H3,(H,48,49)(H,50,51)/b8-6-,13-11-,14-12-,19-17-,21-18-,23-22-/t40-,41+/m1/s1. The molecule has 0 aliphatic rings. The molecule has 56 heavy (non-hydrogen) atoms. The molecule has 0 saturated heterocycles. The molecule has 11 nitrogen and oxygen atoms in total. The maximum Gasteiger partial charge on any atom is 0.472 e. The molecule has 0 aromatic carbocycles. The minimum Gasteiger partial charge on any atom is -0.480 e. The Morgan fingerprint density at radius 1 is 0.571 bits per heavy atom. The summed E-state index contributed by atoms with van der Waals surface area (Å²) in [6.07, 6.45) is 45.3. The molecule has 0 saturated carbocycles. The molecule has 0 fully saturated rings. The lowest BCUT2D eigenvalue weighted by Gasteiger charge is -2.20. The lowest BCUT2D eigenvalue weighted by molar-refractivity contribution is -0.161. The Morgan fingerprint density at radius 3 is 1.50 bits per heavy atom. The average Bonchev–Trinajstić information content (AvgIpc) is 3.17. The van der Waals surface area contributed by atoms with Crippen LogP contribution in [0.4, 0.5) is 0 Å². The first kappa shape index (κ1) is 52.9. The van der Waals surface area contributed by atoms with E-state index < -0.39 is 51.1 Å². The smallest absolute Gasteiger partial charge is 0.472 e. The largest absolute Gasteiger partial charge is 0.480 e. The number of carboxylic acids is 1. The summed E-state index contributed by atoms with van der Waals surface area (Å²) in [7, 11) is -4.73. The van der Waals surface area contributed by atoms with Crippen molar-refractivity contribution in [2.75, 3.05) is 19.8 Å². The summed E-state index contributed by atoms with van der Waals surface area (Å²) in [4.78, 5) is 45.9. The van der Waals surface area contributed by atoms with E-state index in [1.54, 1.807) is 0 Å². The maximum absolute atomic E-state index is 12.6. The van der Waals surface area contributed by atoms with Gasteiger partial charge in [-0.25, -0.2) is 4.57 Å². The van der Waals surface area contributed by atoms with Crippen molar-refractivity contribution < 1.29 is 47.5 Å². The second kappa shape index (κ2) is 38.8. The number of allylic oxidation sites excluding steroid dienone is 12. The van der Waals surface area contributed by atoms with Crippen LogP contribution < -0.4 is 5.73 Å². The number of esters is 2. The highest BCUT2D eigenvalue weighted by atomic mass is 31.2. The fourth-order valence-corrected chi connectivity index (χ4v) is 5.92. The van der Waals surface area contributed by atoms with Gasteiger partial charge in [0.2, 0.25) is 0 Å². The van der Waals surface area contributed by atoms with Crippen molar-refractivity contribution in [2.45, 2.75) is 167 Å². The van der Waals surface area contributed by atoms with Crippen molar-refractivity contribution in [3.05, 3.63) is 72.9 Å². The minimum absolute atomic E-state index is 0.133. The van der Waals surface area contributed by atoms with Crippen molar-refractivity contribution in [1.82, 2.24) is 0 Å². The van der Waals surface area contributed by atoms with Gasteiger partial charge in [0.1, 0.15) is 12.6 Å². The molecule has 0 radical (unpaired) electrons. The Labute approximate surface area is 338 Å². The van der Waals surface area contributed by atoms with Crippen molar-refractivity contribution in [3.8, 4) is 0 Å². The number of nitrogens with two attached hydrogens (primary N) is 1. The molecule has 4 N–H and O–H groups in total. The van der Waals surface area contributed by atoms with Crippen LogP contribution in [0.3, 0.4) is 0 Å². The molecule has 320 valence electrons. The van der Waals surface area contributed by atoms with E-state index in [4.69, 9.17) is 24.8 Å². The van der Waals surface area contributed by atoms with E-state index in [0.29, 0.717) is 12.8 Å². The zero-order valence-corrected chi connectivity index (χ0v) is 35.3. The maximum atomic E-state index is 12.6. The Morgan fingerprint density at radius 2 is 1.00 bits per heavy atom. The molecule has 1 unspecified atom stereocenters. The number of ether oxygens (including phenoxy) is 2. The quantitative estimate of drug-likeness (QED) is 0.0235. The highest BCUT2D eigenvalue weighted by Gasteiger charge is 2.28. The van der Waals surface area contributed by atoms with Crippen LogP contribution in [0.15, 0.2) is 72.9 Å². The molecule has 0 rings (SSSR count). The summed E-state index contributed by atoms with van der Waals surface area (Å²) < 4.78 is 32.6. The van der Waals surface area contributed by atoms with Gasteiger partial charge in [0, 0.05) is 12.8 Å². The highest BCUT2D eigenvalue weighted by Crippen LogP contribution is 2.43. The normalized spacial score (nSPS) is 14.5. The number of rotatable bonds is 38. The second-order valence-corrected chi connectivity index (χ2v) is 15.2. The van der Waals surface area contributed by atoms with E-state index in [9.17, 15) is 23.8 Å². The molecule has 0 aliphatic carbocycles. The summed E-state index contributed by atoms with van der Waals surface area (Å²) in [5, 5.41) is 8.88. The Hall–Kier alpha value is -3.08. The molecule has 0 heterocycles. The van der Waals surface area contributed by atoms with Crippen molar-refractivity contribution in [3.63, 3.8) is 0 Å². The minimum atomic E-state index is -4.73. The van der Waals surface area contributed by atoms with Gasteiger partial charge >= 0.3 is 25.7 Å². The number of unbranched alkanes of at least 4 members (excludes halogenated alkanes) is 12. The van der Waals surface area contributed by atoms with Gasteiger partial charge in [-0.15, -0.1) is 0 Å². The predicted molar refractivity (Wildman–Crippen MR) is 226 cm³/mol. The fraction of sp³-hybridized carbons (Fsp3) is 0.659. The number of phosphoric ester groups is 1. The van der Waals surface area contributed by atoms with E-state index in [2.05, 4.69) is 91.3 Å². The van der Waals surface area contributed by atoms with Crippen LogP contribution in [0.1, 0.15) is 155 Å². The fourth-order valence-electron chi connectivity index (χ4n) is 5.14. The molecule has 0 aromatic rings. The molecule has 0 bridgehead atoms. The number of carbonyl (C=O) groups is 3. The SMILES string of the molecule is CC/C=C\C/C=C\C/C=C\CCCCCCCC(=O)O[C@H](COC(=O)CCCCCC/C=C\C/C=C\C/C=C\CCCCC)COP(=O)(O)OC[C@H](N)C(=O)O. The van der Waals surface area contributed by atoms with E-state index in [-0.39, 0.29) is 19.4 Å². The van der Waals surface area contributed by atoms with Gasteiger partial charge in [-0.3, -0.25) is 23.4 Å². The number of carboxylic acid groups (broad SMARTS) is 1. The molecule has 0 aromatic heterocycles. The summed E-state index contributed by atoms with van der Waals surface area (Å²) in [6.45, 7) is 2.60. The van der Waals surface area contributed by atoms with Crippen LogP contribution >= 0.6 is 7.82 Å². The average molecular weight is 808 g/mol. The van der Waals surface area contributed by atoms with Crippen LogP contribution in [0, 0.1) is 0 Å². The van der Waals surface area contributed by atoms with Gasteiger partial charge in [0.05, 0.1) is 13.2 Å². The number of hydrogen-bond acceptors (Lipinski definition) is 9. The lowest BCUT2D eigenvalue weighted by Crippen LogP contribution is -2.34. The molecule has 0 aliphatic heterocycles. The number of carbonyl (C=O) groups excluding carboxylic acids is 2. The Kier molecular flexibility index (Phi) is 36.6. The van der Waals surface area contributed by atoms with Gasteiger partial charge < -0.3 is 25.2 Å². The van der Waals surface area contributed by atoms with Crippen LogP contribution in [-0.4, -0.2) is 59.9 Å². The zero-order valence-electron chi connectivity index (χ0n) is 34.4. The molecule has 0 spiro atoms. The summed E-state index contributed by atoms with van der Waals surface area (Å²) in [5.41, 5.74) is 5.32. The van der Waals surface area contributed by atoms with Crippen LogP contribution in [0.5, 0.6) is 0 Å². The first-order valence-corrected chi connectivity index (χ1v) is 22.5. The number of phosphoric acid groups is 1. The second-order valence-electron chi connectivity index (χ2n) is 13.7. The molecule has 0 amide bonds. The number of aliphatic carboxylic acids is 1. The van der Waals surface area contributed by atoms with Gasteiger partial charge in [0.25, 0.3) is 0 Å². The summed E-state index contributed by atoms with van der Waals surface area (Å²) in [6, 6.07) is -1.53. The summed E-state index contributed by atoms with van der Waals surface area (Å²) in [5.74, 6) is -2.44. The van der Waals surface area contributed by atoms with Gasteiger partial charge in [-0.05, 0) is 83.5 Å². The monoisotopic (exact) mass is 808 g/mol. The van der Waals surface area contributed by atoms with E-state index in [1.165, 1.54) is 19.3 Å². The first-order chi connectivity index (χ1) is 27.1. The Balaban J connectivity index is 4.47. The first-order valence-electron chi connectivity index (χ1n) is 21.0. The molecule has 12 heteroatoms. The van der Waals surface area contributed by atoms with E-state index >= 15 is 0 Å². The highest BCUT2D eigenvalue weighted by molar-refractivity contribution is 7.47. The topological polar surface area (TPSA) is 172 Å². The van der Waals surface area contributed by atoms with Crippen molar-refractivity contribution in [1.29, 1.82) is 0 Å². The van der Waals surface area contributed by atoms with Crippen LogP contribution in [-0.2, 0) is 37.5 Å². The third-order valence-electron chi connectivity index (χ3n) is 8.44. The zero-order chi connectivity index (χ0) is 41.4. The molecule has 3 atom stereocenters. The number of hydrogen-bond donors (Lipinski definition) is 3. The van der Waals surface area contributed by atoms with E-state index in [0.717, 1.165) is 96.3 Å². The third kappa shape index (κ3) is 37.8. The lowest BCUT2D eigenvalue weighted by atomic mass is 10.1. The molecular formula is C44H74NO10P. The summed E-state index contributed by atoms with van der Waals surface area (Å²) >= 11 is 0. The third-order valence-corrected chi connectivity index (χ3v) is 9.39. The van der Waals surface area contributed by atoms with Crippen LogP contribution in [0.2, 0.25) is 0 Å². The van der Waals surface area contributed by atoms with Gasteiger partial charge in [-0.2, -0.15) is 0 Å². The van der Waals surface area contributed by atoms with E-state index in [1.807, 2.05) is 0 Å². The van der Waals surface area contributed by atoms with Crippen molar-refractivity contribution >= 4 is 25.7 Å². The predicted octanol–water partition coefficient (Wildman–Crippen LogP) is 10.9. The Bertz CT molecular complexity index is 1230. The van der Waals surface area contributed by atoms with Gasteiger partial charge in [0.15, 0.2) is 6.10 Å².